The largest absolute Gasteiger partial charge is 0.393 e. The molecule has 0 aromatic heterocycles. The molecule has 0 bridgehead atoms. The van der Waals surface area contributed by atoms with E-state index in [1.54, 1.807) is 0 Å². The summed E-state index contributed by atoms with van der Waals surface area (Å²) in [5.74, 6) is 2.91. The van der Waals surface area contributed by atoms with E-state index < -0.39 is 0 Å². The summed E-state index contributed by atoms with van der Waals surface area (Å²) in [6.07, 6.45) is 12.3. The summed E-state index contributed by atoms with van der Waals surface area (Å²) < 4.78 is 5.79. The number of methoxy groups -OCH3 is 1. The predicted molar refractivity (Wildman–Crippen MR) is 97.6 cm³/mol. The minimum atomic E-state index is -0.1000. The summed E-state index contributed by atoms with van der Waals surface area (Å²) >= 11 is 0. The molecule has 4 aliphatic rings. The fourth-order valence-electron chi connectivity index (χ4n) is 7.74. The number of aliphatic hydroxyl groups is 1. The molecule has 0 saturated heterocycles. The average molecular weight is 344 g/mol. The van der Waals surface area contributed by atoms with Crippen LogP contribution >= 0.6 is 0 Å². The van der Waals surface area contributed by atoms with Crippen LogP contribution in [0.1, 0.15) is 64.7 Å². The number of allylic oxidation sites excluding steroid dienone is 2. The van der Waals surface area contributed by atoms with Gasteiger partial charge in [-0.3, -0.25) is 0 Å². The second kappa shape index (κ2) is 6.39. The van der Waals surface area contributed by atoms with Gasteiger partial charge in [0, 0.05) is 13.2 Å². The maximum atomic E-state index is 10.2. The van der Waals surface area contributed by atoms with Gasteiger partial charge in [-0.2, -0.15) is 5.26 Å². The van der Waals surface area contributed by atoms with Gasteiger partial charge in [0.25, 0.3) is 0 Å². The lowest BCUT2D eigenvalue weighted by Crippen LogP contribution is -2.56. The minimum absolute atomic E-state index is 0.1000. The fraction of sp³-hybridized carbons (Fsp3) is 0.864. The molecule has 4 fully saturated rings. The van der Waals surface area contributed by atoms with Crippen molar-refractivity contribution in [1.82, 2.24) is 0 Å². The molecule has 3 nitrogen and oxygen atoms in total. The summed E-state index contributed by atoms with van der Waals surface area (Å²) in [4.78, 5) is 0. The molecule has 7 unspecified atom stereocenters. The number of nitriles is 1. The SMILES string of the molecule is COCC12CCC(O)CC1CCC1C3CCC(=CC#N)C3(C)CCC12. The van der Waals surface area contributed by atoms with E-state index in [0.29, 0.717) is 11.3 Å². The van der Waals surface area contributed by atoms with Crippen LogP contribution in [0.3, 0.4) is 0 Å². The van der Waals surface area contributed by atoms with Crippen LogP contribution in [0.2, 0.25) is 0 Å². The van der Waals surface area contributed by atoms with E-state index in [1.165, 1.54) is 37.7 Å². The fourth-order valence-corrected chi connectivity index (χ4v) is 7.74. The molecule has 4 rings (SSSR count). The van der Waals surface area contributed by atoms with Crippen molar-refractivity contribution in [2.45, 2.75) is 70.8 Å². The molecule has 3 heteroatoms. The molecule has 7 atom stereocenters. The van der Waals surface area contributed by atoms with Gasteiger partial charge in [0.15, 0.2) is 0 Å². The quantitative estimate of drug-likeness (QED) is 0.753. The third-order valence-electron chi connectivity index (χ3n) is 8.84. The van der Waals surface area contributed by atoms with Gasteiger partial charge in [0.05, 0.1) is 18.8 Å². The molecule has 1 N–H and O–H groups in total. The van der Waals surface area contributed by atoms with Crippen LogP contribution in [0.15, 0.2) is 11.6 Å². The number of nitrogens with zero attached hydrogens (tertiary/aromatic N) is 1. The van der Waals surface area contributed by atoms with E-state index in [-0.39, 0.29) is 11.5 Å². The molecule has 0 heterocycles. The van der Waals surface area contributed by atoms with Gasteiger partial charge >= 0.3 is 0 Å². The molecular formula is C22H33NO2. The Morgan fingerprint density at radius 1 is 1.20 bits per heavy atom. The number of hydrogen-bond donors (Lipinski definition) is 1. The highest BCUT2D eigenvalue weighted by atomic mass is 16.5. The molecule has 4 aliphatic carbocycles. The molecule has 0 aromatic carbocycles. The summed E-state index contributed by atoms with van der Waals surface area (Å²) in [5, 5.41) is 19.4. The van der Waals surface area contributed by atoms with Gasteiger partial charge in [-0.05, 0) is 92.3 Å². The normalized spacial score (nSPS) is 50.6. The highest BCUT2D eigenvalue weighted by Crippen LogP contribution is 2.67. The average Bonchev–Trinajstić information content (AvgIpc) is 2.93. The third-order valence-corrected chi connectivity index (χ3v) is 8.84. The Balaban J connectivity index is 1.66. The highest BCUT2D eigenvalue weighted by Gasteiger charge is 2.60. The first-order chi connectivity index (χ1) is 12.0. The minimum Gasteiger partial charge on any atom is -0.393 e. The van der Waals surface area contributed by atoms with E-state index in [4.69, 9.17) is 4.74 Å². The second-order valence-corrected chi connectivity index (χ2v) is 9.54. The second-order valence-electron chi connectivity index (χ2n) is 9.54. The monoisotopic (exact) mass is 343 g/mol. The van der Waals surface area contributed by atoms with Crippen LogP contribution in [-0.4, -0.2) is 24.9 Å². The van der Waals surface area contributed by atoms with Gasteiger partial charge in [-0.25, -0.2) is 0 Å². The lowest BCUT2D eigenvalue weighted by atomic mass is 9.44. The Morgan fingerprint density at radius 3 is 2.80 bits per heavy atom. The number of ether oxygens (including phenoxy) is 1. The van der Waals surface area contributed by atoms with Crippen molar-refractivity contribution in [3.63, 3.8) is 0 Å². The van der Waals surface area contributed by atoms with Crippen molar-refractivity contribution >= 4 is 0 Å². The van der Waals surface area contributed by atoms with Crippen molar-refractivity contribution in [3.05, 3.63) is 11.6 Å². The lowest BCUT2D eigenvalue weighted by Gasteiger charge is -2.61. The Labute approximate surface area is 152 Å². The Hall–Kier alpha value is -0.850. The maximum absolute atomic E-state index is 10.2. The van der Waals surface area contributed by atoms with E-state index in [1.807, 2.05) is 13.2 Å². The molecular weight excluding hydrogens is 310 g/mol. The number of fused-ring (bicyclic) bond motifs is 5. The molecule has 0 spiro atoms. The molecule has 138 valence electrons. The van der Waals surface area contributed by atoms with Crippen LogP contribution in [0.25, 0.3) is 0 Å². The third kappa shape index (κ3) is 2.52. The van der Waals surface area contributed by atoms with E-state index in [0.717, 1.165) is 50.0 Å². The standard InChI is InChI=1S/C22H33NO2/c1-21-10-8-20-18(19(21)6-4-15(21)9-12-23)5-3-16-13-17(24)7-11-22(16,20)14-25-2/h9,16-20,24H,3-8,10-11,13-14H2,1-2H3. The van der Waals surface area contributed by atoms with Crippen LogP contribution in [-0.2, 0) is 4.74 Å². The molecule has 0 radical (unpaired) electrons. The van der Waals surface area contributed by atoms with Crippen LogP contribution in [0, 0.1) is 45.8 Å². The van der Waals surface area contributed by atoms with Crippen molar-refractivity contribution in [3.8, 4) is 6.07 Å². The Kier molecular flexibility index (Phi) is 4.49. The van der Waals surface area contributed by atoms with Gasteiger partial charge in [-0.1, -0.05) is 12.5 Å². The summed E-state index contributed by atoms with van der Waals surface area (Å²) in [6.45, 7) is 3.31. The van der Waals surface area contributed by atoms with E-state index in [2.05, 4.69) is 13.0 Å². The molecule has 0 aromatic rings. The number of rotatable bonds is 2. The Morgan fingerprint density at radius 2 is 2.04 bits per heavy atom. The first-order valence-electron chi connectivity index (χ1n) is 10.3. The van der Waals surface area contributed by atoms with Crippen molar-refractivity contribution < 1.29 is 9.84 Å². The van der Waals surface area contributed by atoms with Crippen LogP contribution < -0.4 is 0 Å². The van der Waals surface area contributed by atoms with Gasteiger partial charge in [0.2, 0.25) is 0 Å². The van der Waals surface area contributed by atoms with Crippen molar-refractivity contribution in [2.24, 2.45) is 34.5 Å². The predicted octanol–water partition coefficient (Wildman–Crippen LogP) is 4.47. The number of hydrogen-bond acceptors (Lipinski definition) is 3. The zero-order chi connectivity index (χ0) is 17.7. The van der Waals surface area contributed by atoms with Gasteiger partial charge in [0.1, 0.15) is 0 Å². The zero-order valence-electron chi connectivity index (χ0n) is 15.8. The van der Waals surface area contributed by atoms with Gasteiger partial charge in [-0.15, -0.1) is 0 Å². The molecule has 25 heavy (non-hydrogen) atoms. The molecule has 0 aliphatic heterocycles. The van der Waals surface area contributed by atoms with E-state index >= 15 is 0 Å². The zero-order valence-corrected chi connectivity index (χ0v) is 15.8. The number of aliphatic hydroxyl groups excluding tert-OH is 1. The molecule has 0 amide bonds. The Bertz CT molecular complexity index is 593. The smallest absolute Gasteiger partial charge is 0.0911 e. The molecule has 4 saturated carbocycles. The first-order valence-corrected chi connectivity index (χ1v) is 10.3. The van der Waals surface area contributed by atoms with E-state index in [9.17, 15) is 10.4 Å². The van der Waals surface area contributed by atoms with Crippen molar-refractivity contribution in [2.75, 3.05) is 13.7 Å². The lowest BCUT2D eigenvalue weighted by molar-refractivity contribution is -0.151. The summed E-state index contributed by atoms with van der Waals surface area (Å²) in [5.41, 5.74) is 1.96. The topological polar surface area (TPSA) is 53.2 Å². The summed E-state index contributed by atoms with van der Waals surface area (Å²) in [7, 11) is 1.86. The first kappa shape index (κ1) is 17.6. The summed E-state index contributed by atoms with van der Waals surface area (Å²) in [6, 6.07) is 2.31. The van der Waals surface area contributed by atoms with Crippen molar-refractivity contribution in [1.29, 1.82) is 5.26 Å². The van der Waals surface area contributed by atoms with Crippen LogP contribution in [0.5, 0.6) is 0 Å². The van der Waals surface area contributed by atoms with Crippen LogP contribution in [0.4, 0.5) is 0 Å². The maximum Gasteiger partial charge on any atom is 0.0911 e. The van der Waals surface area contributed by atoms with Gasteiger partial charge < -0.3 is 9.84 Å². The highest BCUT2D eigenvalue weighted by molar-refractivity contribution is 5.28.